The third kappa shape index (κ3) is 4.56. The molecule has 0 bridgehead atoms. The SMILES string of the molecule is C=CC[C@H](c1ccc(C)s1)N1CCNCC1.Cl.Cl. The van der Waals surface area contributed by atoms with Gasteiger partial charge in [-0.15, -0.1) is 42.7 Å². The number of piperazine rings is 1. The molecule has 1 saturated heterocycles. The summed E-state index contributed by atoms with van der Waals surface area (Å²) in [6.45, 7) is 10.6. The molecule has 1 fully saturated rings. The molecule has 104 valence electrons. The molecule has 18 heavy (non-hydrogen) atoms. The summed E-state index contributed by atoms with van der Waals surface area (Å²) in [6.07, 6.45) is 3.10. The first-order chi connectivity index (χ1) is 7.81. The van der Waals surface area contributed by atoms with E-state index >= 15 is 0 Å². The first-order valence-corrected chi connectivity index (χ1v) is 6.75. The fraction of sp³-hybridized carbons (Fsp3) is 0.538. The summed E-state index contributed by atoms with van der Waals surface area (Å²) in [5.41, 5.74) is 0. The van der Waals surface area contributed by atoms with Crippen LogP contribution in [0.25, 0.3) is 0 Å². The van der Waals surface area contributed by atoms with Crippen LogP contribution in [0.4, 0.5) is 0 Å². The van der Waals surface area contributed by atoms with Gasteiger partial charge in [-0.25, -0.2) is 0 Å². The summed E-state index contributed by atoms with van der Waals surface area (Å²) >= 11 is 1.92. The van der Waals surface area contributed by atoms with Gasteiger partial charge in [0, 0.05) is 42.0 Å². The molecule has 0 unspecified atom stereocenters. The Morgan fingerprint density at radius 1 is 1.39 bits per heavy atom. The zero-order valence-corrected chi connectivity index (χ0v) is 13.2. The van der Waals surface area contributed by atoms with Gasteiger partial charge in [-0.2, -0.15) is 0 Å². The number of halogens is 2. The topological polar surface area (TPSA) is 15.3 Å². The van der Waals surface area contributed by atoms with Crippen molar-refractivity contribution < 1.29 is 0 Å². The van der Waals surface area contributed by atoms with Crippen LogP contribution < -0.4 is 5.32 Å². The van der Waals surface area contributed by atoms with E-state index in [9.17, 15) is 0 Å². The van der Waals surface area contributed by atoms with Crippen molar-refractivity contribution in [2.75, 3.05) is 26.2 Å². The molecule has 5 heteroatoms. The maximum atomic E-state index is 3.89. The second-order valence-corrected chi connectivity index (χ2v) is 5.59. The first kappa shape index (κ1) is 17.9. The van der Waals surface area contributed by atoms with Crippen molar-refractivity contribution >= 4 is 36.2 Å². The number of nitrogens with zero attached hydrogens (tertiary/aromatic N) is 1. The number of thiophene rings is 1. The van der Waals surface area contributed by atoms with Gasteiger partial charge < -0.3 is 5.32 Å². The van der Waals surface area contributed by atoms with Crippen molar-refractivity contribution in [3.63, 3.8) is 0 Å². The minimum atomic E-state index is 0. The van der Waals surface area contributed by atoms with Crippen molar-refractivity contribution in [3.8, 4) is 0 Å². The minimum Gasteiger partial charge on any atom is -0.314 e. The lowest BCUT2D eigenvalue weighted by atomic mass is 10.1. The molecular formula is C13H22Cl2N2S. The Morgan fingerprint density at radius 2 is 2.06 bits per heavy atom. The summed E-state index contributed by atoms with van der Waals surface area (Å²) in [4.78, 5) is 5.46. The third-order valence-electron chi connectivity index (χ3n) is 3.07. The quantitative estimate of drug-likeness (QED) is 0.857. The van der Waals surface area contributed by atoms with Crippen LogP contribution in [0.2, 0.25) is 0 Å². The predicted octanol–water partition coefficient (Wildman–Crippen LogP) is 3.42. The second-order valence-electron chi connectivity index (χ2n) is 4.27. The van der Waals surface area contributed by atoms with E-state index in [0.29, 0.717) is 6.04 Å². The Kier molecular flexibility index (Phi) is 8.91. The predicted molar refractivity (Wildman–Crippen MR) is 85.5 cm³/mol. The van der Waals surface area contributed by atoms with Gasteiger partial charge in [0.05, 0.1) is 0 Å². The average molecular weight is 309 g/mol. The molecule has 0 radical (unpaired) electrons. The second kappa shape index (κ2) is 8.94. The van der Waals surface area contributed by atoms with Gasteiger partial charge in [-0.3, -0.25) is 4.90 Å². The van der Waals surface area contributed by atoms with Crippen molar-refractivity contribution in [2.45, 2.75) is 19.4 Å². The van der Waals surface area contributed by atoms with E-state index in [1.807, 2.05) is 17.4 Å². The van der Waals surface area contributed by atoms with Gasteiger partial charge in [0.2, 0.25) is 0 Å². The molecule has 1 aromatic rings. The van der Waals surface area contributed by atoms with Crippen LogP contribution in [0.5, 0.6) is 0 Å². The fourth-order valence-corrected chi connectivity index (χ4v) is 3.25. The van der Waals surface area contributed by atoms with Crippen molar-refractivity contribution in [3.05, 3.63) is 34.5 Å². The smallest absolute Gasteiger partial charge is 0.0476 e. The van der Waals surface area contributed by atoms with Crippen LogP contribution in [0.15, 0.2) is 24.8 Å². The highest BCUT2D eigenvalue weighted by atomic mass is 35.5. The van der Waals surface area contributed by atoms with E-state index in [-0.39, 0.29) is 24.8 Å². The monoisotopic (exact) mass is 308 g/mol. The van der Waals surface area contributed by atoms with E-state index in [0.717, 1.165) is 32.6 Å². The maximum absolute atomic E-state index is 3.89. The number of hydrogen-bond acceptors (Lipinski definition) is 3. The van der Waals surface area contributed by atoms with Crippen LogP contribution >= 0.6 is 36.2 Å². The molecule has 1 aromatic heterocycles. The number of aryl methyl sites for hydroxylation is 1. The number of nitrogens with one attached hydrogen (secondary N) is 1. The molecule has 1 aliphatic heterocycles. The molecule has 0 saturated carbocycles. The normalized spacial score (nSPS) is 17.4. The van der Waals surface area contributed by atoms with E-state index in [1.165, 1.54) is 9.75 Å². The van der Waals surface area contributed by atoms with Crippen LogP contribution in [0.1, 0.15) is 22.2 Å². The van der Waals surface area contributed by atoms with Crippen LogP contribution in [0.3, 0.4) is 0 Å². The Hall–Kier alpha value is -0.0600. The number of rotatable bonds is 4. The minimum absolute atomic E-state index is 0. The Morgan fingerprint density at radius 3 is 2.56 bits per heavy atom. The summed E-state index contributed by atoms with van der Waals surface area (Å²) in [7, 11) is 0. The third-order valence-corrected chi connectivity index (χ3v) is 4.17. The van der Waals surface area contributed by atoms with Gasteiger partial charge in [0.15, 0.2) is 0 Å². The summed E-state index contributed by atoms with van der Waals surface area (Å²) in [5.74, 6) is 0. The molecule has 1 aliphatic rings. The summed E-state index contributed by atoms with van der Waals surface area (Å²) < 4.78 is 0. The van der Waals surface area contributed by atoms with Crippen LogP contribution in [0, 0.1) is 6.92 Å². The lowest BCUT2D eigenvalue weighted by Crippen LogP contribution is -2.44. The summed E-state index contributed by atoms with van der Waals surface area (Å²) in [6, 6.07) is 5.03. The standard InChI is InChI=1S/C13H20N2S.2ClH/c1-3-4-12(13-6-5-11(2)16-13)15-9-7-14-8-10-15;;/h3,5-6,12,14H,1,4,7-10H2,2H3;2*1H/t12-;;/m1../s1. The zero-order valence-electron chi connectivity index (χ0n) is 10.7. The number of hydrogen-bond donors (Lipinski definition) is 1. The molecular weight excluding hydrogens is 287 g/mol. The molecule has 1 atom stereocenters. The van der Waals surface area contributed by atoms with E-state index in [1.54, 1.807) is 0 Å². The zero-order chi connectivity index (χ0) is 11.4. The van der Waals surface area contributed by atoms with Crippen molar-refractivity contribution in [1.29, 1.82) is 0 Å². The Balaban J connectivity index is 0.00000144. The fourth-order valence-electron chi connectivity index (χ4n) is 2.23. The van der Waals surface area contributed by atoms with Gasteiger partial charge in [0.25, 0.3) is 0 Å². The van der Waals surface area contributed by atoms with Gasteiger partial charge in [0.1, 0.15) is 0 Å². The van der Waals surface area contributed by atoms with Crippen LogP contribution in [-0.2, 0) is 0 Å². The molecule has 1 N–H and O–H groups in total. The highest BCUT2D eigenvalue weighted by Crippen LogP contribution is 2.30. The highest BCUT2D eigenvalue weighted by Gasteiger charge is 2.21. The Labute approximate surface area is 126 Å². The lowest BCUT2D eigenvalue weighted by molar-refractivity contribution is 0.177. The lowest BCUT2D eigenvalue weighted by Gasteiger charge is -2.34. The van der Waals surface area contributed by atoms with Gasteiger partial charge >= 0.3 is 0 Å². The molecule has 0 amide bonds. The Bertz CT molecular complexity index is 349. The molecule has 0 aliphatic carbocycles. The van der Waals surface area contributed by atoms with Gasteiger partial charge in [-0.1, -0.05) is 6.08 Å². The van der Waals surface area contributed by atoms with Crippen molar-refractivity contribution in [1.82, 2.24) is 10.2 Å². The molecule has 2 heterocycles. The van der Waals surface area contributed by atoms with Crippen LogP contribution in [-0.4, -0.2) is 31.1 Å². The molecule has 0 aromatic carbocycles. The summed E-state index contributed by atoms with van der Waals surface area (Å²) in [5, 5.41) is 3.40. The van der Waals surface area contributed by atoms with E-state index < -0.39 is 0 Å². The largest absolute Gasteiger partial charge is 0.314 e. The highest BCUT2D eigenvalue weighted by molar-refractivity contribution is 7.12. The van der Waals surface area contributed by atoms with Gasteiger partial charge in [-0.05, 0) is 25.5 Å². The first-order valence-electron chi connectivity index (χ1n) is 5.93. The van der Waals surface area contributed by atoms with E-state index in [4.69, 9.17) is 0 Å². The maximum Gasteiger partial charge on any atom is 0.0476 e. The van der Waals surface area contributed by atoms with Crippen molar-refractivity contribution in [2.24, 2.45) is 0 Å². The molecule has 2 rings (SSSR count). The van der Waals surface area contributed by atoms with E-state index in [2.05, 4.69) is 35.9 Å². The average Bonchev–Trinajstić information content (AvgIpc) is 2.74. The molecule has 2 nitrogen and oxygen atoms in total. The molecule has 0 spiro atoms.